The monoisotopic (exact) mass is 223 g/mol. The first-order chi connectivity index (χ1) is 7.61. The second kappa shape index (κ2) is 6.74. The van der Waals surface area contributed by atoms with Crippen LogP contribution in [0.3, 0.4) is 0 Å². The highest BCUT2D eigenvalue weighted by Crippen LogP contribution is 2.11. The van der Waals surface area contributed by atoms with Gasteiger partial charge in [0.05, 0.1) is 0 Å². The molecular formula is C14H25NO. The van der Waals surface area contributed by atoms with Gasteiger partial charge in [0.2, 0.25) is 0 Å². The van der Waals surface area contributed by atoms with E-state index in [9.17, 15) is 0 Å². The molecule has 0 saturated carbocycles. The van der Waals surface area contributed by atoms with Gasteiger partial charge < -0.3 is 4.74 Å². The van der Waals surface area contributed by atoms with Crippen molar-refractivity contribution in [3.8, 4) is 0 Å². The predicted molar refractivity (Wildman–Crippen MR) is 69.4 cm³/mol. The molecule has 1 aliphatic carbocycles. The summed E-state index contributed by atoms with van der Waals surface area (Å²) in [5, 5.41) is 0. The molecule has 0 aromatic heterocycles. The summed E-state index contributed by atoms with van der Waals surface area (Å²) < 4.78 is 5.75. The molecule has 0 aliphatic heterocycles. The van der Waals surface area contributed by atoms with Crippen molar-refractivity contribution in [3.05, 3.63) is 24.0 Å². The molecule has 1 rings (SSSR count). The van der Waals surface area contributed by atoms with Gasteiger partial charge in [0.1, 0.15) is 12.4 Å². The smallest absolute Gasteiger partial charge is 0.115 e. The molecule has 1 aliphatic rings. The van der Waals surface area contributed by atoms with Crippen LogP contribution in [0.15, 0.2) is 24.0 Å². The molecule has 0 spiro atoms. The highest BCUT2D eigenvalue weighted by atomic mass is 16.5. The lowest BCUT2D eigenvalue weighted by Gasteiger charge is -2.30. The van der Waals surface area contributed by atoms with Crippen LogP contribution < -0.4 is 0 Å². The maximum Gasteiger partial charge on any atom is 0.115 e. The summed E-state index contributed by atoms with van der Waals surface area (Å²) in [6.45, 7) is 10.7. The van der Waals surface area contributed by atoms with E-state index in [1.165, 1.54) is 0 Å². The van der Waals surface area contributed by atoms with Gasteiger partial charge in [0, 0.05) is 18.6 Å². The summed E-state index contributed by atoms with van der Waals surface area (Å²) in [6.07, 6.45) is 8.70. The van der Waals surface area contributed by atoms with Crippen molar-refractivity contribution in [1.29, 1.82) is 0 Å². The quantitative estimate of drug-likeness (QED) is 0.684. The molecule has 0 N–H and O–H groups in total. The van der Waals surface area contributed by atoms with Gasteiger partial charge in [0.15, 0.2) is 0 Å². The molecule has 2 nitrogen and oxygen atoms in total. The minimum atomic E-state index is 0.583. The SMILES string of the molecule is CC(C)N(CCOC1=CCCC=C1)C(C)C. The summed E-state index contributed by atoms with van der Waals surface area (Å²) in [5.41, 5.74) is 0. The maximum absolute atomic E-state index is 5.75. The van der Waals surface area contributed by atoms with E-state index in [4.69, 9.17) is 4.74 Å². The number of nitrogens with zero attached hydrogens (tertiary/aromatic N) is 1. The van der Waals surface area contributed by atoms with Gasteiger partial charge in [-0.1, -0.05) is 6.08 Å². The first kappa shape index (κ1) is 13.3. The number of rotatable bonds is 6. The Balaban J connectivity index is 2.27. The van der Waals surface area contributed by atoms with Crippen LogP contribution in [-0.4, -0.2) is 30.1 Å². The van der Waals surface area contributed by atoms with Crippen LogP contribution >= 0.6 is 0 Å². The fourth-order valence-corrected chi connectivity index (χ4v) is 2.08. The molecule has 0 fully saturated rings. The van der Waals surface area contributed by atoms with E-state index >= 15 is 0 Å². The summed E-state index contributed by atoms with van der Waals surface area (Å²) in [4.78, 5) is 2.45. The average molecular weight is 223 g/mol. The van der Waals surface area contributed by atoms with Crippen molar-refractivity contribution in [2.45, 2.75) is 52.6 Å². The molecule has 0 aromatic rings. The topological polar surface area (TPSA) is 12.5 Å². The molecule has 0 heterocycles. The standard InChI is InChI=1S/C14H25NO/c1-12(2)15(13(3)4)10-11-16-14-8-6-5-7-9-14/h6,8-9,12-13H,5,7,10-11H2,1-4H3. The number of hydrogen-bond acceptors (Lipinski definition) is 2. The third kappa shape index (κ3) is 4.40. The van der Waals surface area contributed by atoms with E-state index in [0.29, 0.717) is 12.1 Å². The second-order valence-electron chi connectivity index (χ2n) is 4.86. The van der Waals surface area contributed by atoms with Crippen molar-refractivity contribution in [1.82, 2.24) is 4.90 Å². The Labute approximate surface area is 100.0 Å². The first-order valence-corrected chi connectivity index (χ1v) is 6.36. The van der Waals surface area contributed by atoms with Crippen molar-refractivity contribution in [2.24, 2.45) is 0 Å². The van der Waals surface area contributed by atoms with E-state index in [1.807, 2.05) is 0 Å². The minimum absolute atomic E-state index is 0.583. The van der Waals surface area contributed by atoms with Crippen LogP contribution in [0, 0.1) is 0 Å². The van der Waals surface area contributed by atoms with Crippen LogP contribution in [-0.2, 0) is 4.74 Å². The molecule has 0 saturated heterocycles. The maximum atomic E-state index is 5.75. The second-order valence-corrected chi connectivity index (χ2v) is 4.86. The molecule has 2 heteroatoms. The third-order valence-corrected chi connectivity index (χ3v) is 2.91. The van der Waals surface area contributed by atoms with Gasteiger partial charge in [-0.15, -0.1) is 0 Å². The normalized spacial score (nSPS) is 16.1. The van der Waals surface area contributed by atoms with Crippen LogP contribution in [0.1, 0.15) is 40.5 Å². The van der Waals surface area contributed by atoms with Gasteiger partial charge in [-0.05, 0) is 52.7 Å². The molecule has 0 bridgehead atoms. The fraction of sp³-hybridized carbons (Fsp3) is 0.714. The van der Waals surface area contributed by atoms with E-state index < -0.39 is 0 Å². The predicted octanol–water partition coefficient (Wildman–Crippen LogP) is 3.36. The molecule has 16 heavy (non-hydrogen) atoms. The van der Waals surface area contributed by atoms with E-state index in [-0.39, 0.29) is 0 Å². The van der Waals surface area contributed by atoms with E-state index in [2.05, 4.69) is 50.8 Å². The Morgan fingerprint density at radius 2 is 1.88 bits per heavy atom. The van der Waals surface area contributed by atoms with Gasteiger partial charge in [0.25, 0.3) is 0 Å². The number of ether oxygens (including phenoxy) is 1. The van der Waals surface area contributed by atoms with Gasteiger partial charge >= 0.3 is 0 Å². The van der Waals surface area contributed by atoms with Crippen molar-refractivity contribution < 1.29 is 4.74 Å². The summed E-state index contributed by atoms with van der Waals surface area (Å²) in [5.74, 6) is 1.04. The van der Waals surface area contributed by atoms with Crippen molar-refractivity contribution >= 4 is 0 Å². The fourth-order valence-electron chi connectivity index (χ4n) is 2.08. The largest absolute Gasteiger partial charge is 0.493 e. The zero-order chi connectivity index (χ0) is 12.0. The number of hydrogen-bond donors (Lipinski definition) is 0. The minimum Gasteiger partial charge on any atom is -0.493 e. The first-order valence-electron chi connectivity index (χ1n) is 6.36. The molecule has 0 radical (unpaired) electrons. The lowest BCUT2D eigenvalue weighted by molar-refractivity contribution is 0.117. The molecule has 0 amide bonds. The highest BCUT2D eigenvalue weighted by molar-refractivity contribution is 5.15. The Hall–Kier alpha value is -0.760. The summed E-state index contributed by atoms with van der Waals surface area (Å²) in [6, 6.07) is 1.17. The van der Waals surface area contributed by atoms with E-state index in [0.717, 1.165) is 31.8 Å². The Morgan fingerprint density at radius 1 is 1.19 bits per heavy atom. The molecule has 92 valence electrons. The summed E-state index contributed by atoms with van der Waals surface area (Å²) >= 11 is 0. The van der Waals surface area contributed by atoms with Gasteiger partial charge in [-0.25, -0.2) is 0 Å². The Kier molecular flexibility index (Phi) is 5.61. The molecular weight excluding hydrogens is 198 g/mol. The van der Waals surface area contributed by atoms with Crippen LogP contribution in [0.2, 0.25) is 0 Å². The van der Waals surface area contributed by atoms with Crippen LogP contribution in [0.5, 0.6) is 0 Å². The molecule has 0 atom stereocenters. The van der Waals surface area contributed by atoms with Crippen LogP contribution in [0.25, 0.3) is 0 Å². The van der Waals surface area contributed by atoms with Crippen molar-refractivity contribution in [3.63, 3.8) is 0 Å². The molecule has 0 unspecified atom stereocenters. The van der Waals surface area contributed by atoms with Crippen molar-refractivity contribution in [2.75, 3.05) is 13.2 Å². The third-order valence-electron chi connectivity index (χ3n) is 2.91. The average Bonchev–Trinajstić information content (AvgIpc) is 2.24. The lowest BCUT2D eigenvalue weighted by atomic mass is 10.2. The lowest BCUT2D eigenvalue weighted by Crippen LogP contribution is -2.39. The number of allylic oxidation sites excluding steroid dienone is 3. The Bertz CT molecular complexity index is 245. The van der Waals surface area contributed by atoms with Crippen LogP contribution in [0.4, 0.5) is 0 Å². The molecule has 0 aromatic carbocycles. The highest BCUT2D eigenvalue weighted by Gasteiger charge is 2.12. The summed E-state index contributed by atoms with van der Waals surface area (Å²) in [7, 11) is 0. The van der Waals surface area contributed by atoms with Gasteiger partial charge in [-0.3, -0.25) is 4.90 Å². The zero-order valence-electron chi connectivity index (χ0n) is 11.1. The van der Waals surface area contributed by atoms with E-state index in [1.54, 1.807) is 0 Å². The Morgan fingerprint density at radius 3 is 2.38 bits per heavy atom. The van der Waals surface area contributed by atoms with Gasteiger partial charge in [-0.2, -0.15) is 0 Å². The zero-order valence-corrected chi connectivity index (χ0v) is 11.1.